The molecule has 4 rings (SSSR count). The standard InChI is InChI=1S/C20H19F2N5O2S2/c21-19(22)27-17-7-3-2-6-16(17)26(20(27)30)14-24-9-11-25(12-10-24)31(28,29)18-8-4-1-5-15(18)13-23/h1-8,19H,9-12,14H2. The predicted molar refractivity (Wildman–Crippen MR) is 114 cm³/mol. The Morgan fingerprint density at radius 1 is 1.00 bits per heavy atom. The first kappa shape index (κ1) is 21.6. The number of benzene rings is 2. The fourth-order valence-electron chi connectivity index (χ4n) is 3.79. The first-order chi connectivity index (χ1) is 14.8. The second-order valence-electron chi connectivity index (χ2n) is 7.12. The molecule has 11 heteroatoms. The average molecular weight is 464 g/mol. The number of alkyl halides is 2. The van der Waals surface area contributed by atoms with Gasteiger partial charge in [0.05, 0.1) is 28.2 Å². The minimum atomic E-state index is -3.80. The molecular formula is C20H19F2N5O2S2. The van der Waals surface area contributed by atoms with Crippen molar-refractivity contribution in [2.75, 3.05) is 26.2 Å². The topological polar surface area (TPSA) is 74.3 Å². The van der Waals surface area contributed by atoms with Gasteiger partial charge in [0.25, 0.3) is 0 Å². The summed E-state index contributed by atoms with van der Waals surface area (Å²) in [5.74, 6) is 0. The lowest BCUT2D eigenvalue weighted by Crippen LogP contribution is -2.48. The molecule has 0 unspecified atom stereocenters. The van der Waals surface area contributed by atoms with E-state index in [0.29, 0.717) is 24.1 Å². The van der Waals surface area contributed by atoms with Crippen LogP contribution in [-0.2, 0) is 16.7 Å². The molecular weight excluding hydrogens is 444 g/mol. The van der Waals surface area contributed by atoms with Crippen LogP contribution in [0.4, 0.5) is 8.78 Å². The molecule has 1 aliphatic rings. The van der Waals surface area contributed by atoms with Crippen LogP contribution in [0.1, 0.15) is 12.1 Å². The van der Waals surface area contributed by atoms with Gasteiger partial charge in [0.1, 0.15) is 6.07 Å². The Balaban J connectivity index is 1.54. The zero-order chi connectivity index (χ0) is 22.2. The van der Waals surface area contributed by atoms with Crippen molar-refractivity contribution < 1.29 is 17.2 Å². The second-order valence-corrected chi connectivity index (χ2v) is 9.39. The highest BCUT2D eigenvalue weighted by Gasteiger charge is 2.30. The van der Waals surface area contributed by atoms with Crippen LogP contribution in [0.3, 0.4) is 0 Å². The molecule has 0 amide bonds. The van der Waals surface area contributed by atoms with Gasteiger partial charge in [0.15, 0.2) is 4.77 Å². The Labute approximate surface area is 183 Å². The Kier molecular flexibility index (Phi) is 5.90. The van der Waals surface area contributed by atoms with E-state index in [4.69, 9.17) is 12.2 Å². The molecule has 0 saturated carbocycles. The molecule has 0 aliphatic carbocycles. The van der Waals surface area contributed by atoms with E-state index in [1.165, 1.54) is 16.4 Å². The lowest BCUT2D eigenvalue weighted by Gasteiger charge is -2.34. The van der Waals surface area contributed by atoms with Crippen LogP contribution in [0.15, 0.2) is 53.4 Å². The monoisotopic (exact) mass is 463 g/mol. The first-order valence-corrected chi connectivity index (χ1v) is 11.4. The third-order valence-corrected chi connectivity index (χ3v) is 7.74. The van der Waals surface area contributed by atoms with Gasteiger partial charge >= 0.3 is 6.55 Å². The molecule has 2 heterocycles. The van der Waals surface area contributed by atoms with E-state index in [0.717, 1.165) is 4.57 Å². The van der Waals surface area contributed by atoms with Crippen LogP contribution >= 0.6 is 12.2 Å². The highest BCUT2D eigenvalue weighted by Crippen LogP contribution is 2.25. The maximum atomic E-state index is 13.5. The normalized spacial score (nSPS) is 16.1. The molecule has 1 aromatic heterocycles. The molecule has 2 aromatic carbocycles. The van der Waals surface area contributed by atoms with Gasteiger partial charge in [-0.3, -0.25) is 9.47 Å². The first-order valence-electron chi connectivity index (χ1n) is 9.54. The molecule has 7 nitrogen and oxygen atoms in total. The van der Waals surface area contributed by atoms with Crippen molar-refractivity contribution in [1.29, 1.82) is 5.26 Å². The molecule has 1 aliphatic heterocycles. The number of para-hydroxylation sites is 2. The van der Waals surface area contributed by atoms with E-state index in [9.17, 15) is 22.5 Å². The van der Waals surface area contributed by atoms with Crippen molar-refractivity contribution in [3.8, 4) is 6.07 Å². The average Bonchev–Trinajstić information content (AvgIpc) is 3.05. The van der Waals surface area contributed by atoms with Gasteiger partial charge in [0.2, 0.25) is 10.0 Å². The number of hydrogen-bond acceptors (Lipinski definition) is 5. The van der Waals surface area contributed by atoms with E-state index >= 15 is 0 Å². The molecule has 0 bridgehead atoms. The van der Waals surface area contributed by atoms with Gasteiger partial charge in [-0.1, -0.05) is 24.3 Å². The summed E-state index contributed by atoms with van der Waals surface area (Å²) in [4.78, 5) is 1.97. The zero-order valence-electron chi connectivity index (χ0n) is 16.4. The van der Waals surface area contributed by atoms with Crippen LogP contribution in [-0.4, -0.2) is 52.9 Å². The van der Waals surface area contributed by atoms with Crippen molar-refractivity contribution in [3.63, 3.8) is 0 Å². The number of aromatic nitrogens is 2. The molecule has 0 spiro atoms. The van der Waals surface area contributed by atoms with Gasteiger partial charge in [-0.2, -0.15) is 18.3 Å². The molecule has 0 atom stereocenters. The Hall–Kier alpha value is -2.65. The minimum absolute atomic E-state index is 0.00632. The maximum absolute atomic E-state index is 13.5. The number of fused-ring (bicyclic) bond motifs is 1. The van der Waals surface area contributed by atoms with Crippen LogP contribution in [0.2, 0.25) is 0 Å². The summed E-state index contributed by atoms with van der Waals surface area (Å²) >= 11 is 5.29. The van der Waals surface area contributed by atoms with Gasteiger partial charge in [-0.15, -0.1) is 0 Å². The van der Waals surface area contributed by atoms with E-state index in [1.54, 1.807) is 41.0 Å². The van der Waals surface area contributed by atoms with Crippen LogP contribution in [0.5, 0.6) is 0 Å². The summed E-state index contributed by atoms with van der Waals surface area (Å²) in [6.45, 7) is -1.21. The van der Waals surface area contributed by atoms with Crippen LogP contribution in [0, 0.1) is 16.1 Å². The number of rotatable bonds is 5. The number of hydrogen-bond donors (Lipinski definition) is 0. The van der Waals surface area contributed by atoms with Crippen LogP contribution in [0.25, 0.3) is 11.0 Å². The van der Waals surface area contributed by atoms with E-state index < -0.39 is 16.6 Å². The zero-order valence-corrected chi connectivity index (χ0v) is 18.0. The SMILES string of the molecule is N#Cc1ccccc1S(=O)(=O)N1CCN(Cn2c(=S)n(C(F)F)c3ccccc32)CC1. The van der Waals surface area contributed by atoms with Crippen molar-refractivity contribution >= 4 is 33.3 Å². The maximum Gasteiger partial charge on any atom is 0.321 e. The second kappa shape index (κ2) is 8.47. The molecule has 3 aromatic rings. The fourth-order valence-corrected chi connectivity index (χ4v) is 5.69. The number of piperazine rings is 1. The smallest absolute Gasteiger partial charge is 0.303 e. The predicted octanol–water partition coefficient (Wildman–Crippen LogP) is 3.40. The number of halogens is 2. The number of sulfonamides is 1. The number of imidazole rings is 1. The quantitative estimate of drug-likeness (QED) is 0.542. The summed E-state index contributed by atoms with van der Waals surface area (Å²) < 4.78 is 56.9. The summed E-state index contributed by atoms with van der Waals surface area (Å²) in [6.07, 6.45) is 0. The molecule has 1 saturated heterocycles. The summed E-state index contributed by atoms with van der Waals surface area (Å²) in [5.41, 5.74) is 1.07. The largest absolute Gasteiger partial charge is 0.321 e. The molecule has 31 heavy (non-hydrogen) atoms. The van der Waals surface area contributed by atoms with Gasteiger partial charge in [-0.25, -0.2) is 8.42 Å². The fraction of sp³-hybridized carbons (Fsp3) is 0.300. The summed E-state index contributed by atoms with van der Waals surface area (Å²) in [6, 6.07) is 14.8. The lowest BCUT2D eigenvalue weighted by atomic mass is 10.2. The molecule has 1 fully saturated rings. The van der Waals surface area contributed by atoms with E-state index in [2.05, 4.69) is 0 Å². The Morgan fingerprint density at radius 3 is 2.26 bits per heavy atom. The Morgan fingerprint density at radius 2 is 1.61 bits per heavy atom. The third-order valence-electron chi connectivity index (χ3n) is 5.36. The van der Waals surface area contributed by atoms with Crippen molar-refractivity contribution in [2.45, 2.75) is 18.1 Å². The van der Waals surface area contributed by atoms with Crippen molar-refractivity contribution in [2.24, 2.45) is 0 Å². The van der Waals surface area contributed by atoms with Crippen molar-refractivity contribution in [3.05, 3.63) is 58.9 Å². The van der Waals surface area contributed by atoms with Crippen molar-refractivity contribution in [1.82, 2.24) is 18.3 Å². The Bertz CT molecular complexity index is 1320. The number of nitrogens with zero attached hydrogens (tertiary/aromatic N) is 5. The third kappa shape index (κ3) is 3.87. The molecule has 0 radical (unpaired) electrons. The lowest BCUT2D eigenvalue weighted by molar-refractivity contribution is 0.0710. The summed E-state index contributed by atoms with van der Waals surface area (Å²) in [5, 5.41) is 9.23. The highest BCUT2D eigenvalue weighted by molar-refractivity contribution is 7.89. The van der Waals surface area contributed by atoms with E-state index in [-0.39, 0.29) is 35.0 Å². The highest BCUT2D eigenvalue weighted by atomic mass is 32.2. The van der Waals surface area contributed by atoms with Gasteiger partial charge < -0.3 is 4.57 Å². The van der Waals surface area contributed by atoms with Crippen LogP contribution < -0.4 is 0 Å². The summed E-state index contributed by atoms with van der Waals surface area (Å²) in [7, 11) is -3.80. The van der Waals surface area contributed by atoms with E-state index in [1.807, 2.05) is 11.0 Å². The van der Waals surface area contributed by atoms with Gasteiger partial charge in [0, 0.05) is 26.2 Å². The molecule has 0 N–H and O–H groups in total. The molecule has 162 valence electrons. The minimum Gasteiger partial charge on any atom is -0.303 e. The van der Waals surface area contributed by atoms with Gasteiger partial charge in [-0.05, 0) is 36.5 Å². The number of nitriles is 1.